The molecule has 64 heavy (non-hydrogen) atoms. The average Bonchev–Trinajstić information content (AvgIpc) is 3.26. The highest BCUT2D eigenvalue weighted by atomic mass is 16.7. The predicted octanol–water partition coefficient (Wildman–Crippen LogP) is 14.1. The molecular formula is C55H105NO8. The maximum absolute atomic E-state index is 12.8. The van der Waals surface area contributed by atoms with Gasteiger partial charge in [-0.3, -0.25) is 9.59 Å². The molecule has 9 nitrogen and oxygen atoms in total. The zero-order chi connectivity index (χ0) is 47.0. The largest absolute Gasteiger partial charge is 0.545 e. The van der Waals surface area contributed by atoms with Gasteiger partial charge in [-0.15, -0.1) is 0 Å². The lowest BCUT2D eigenvalue weighted by Gasteiger charge is -2.26. The first-order valence-corrected chi connectivity index (χ1v) is 27.3. The first-order valence-electron chi connectivity index (χ1n) is 27.3. The minimum atomic E-state index is -1.62. The van der Waals surface area contributed by atoms with Crippen LogP contribution in [0.4, 0.5) is 0 Å². The molecule has 0 saturated heterocycles. The zero-order valence-corrected chi connectivity index (χ0v) is 42.9. The van der Waals surface area contributed by atoms with Crippen molar-refractivity contribution in [1.82, 2.24) is 0 Å². The number of carboxylic acid groups (broad SMARTS) is 1. The van der Waals surface area contributed by atoms with Gasteiger partial charge in [-0.2, -0.15) is 0 Å². The summed E-state index contributed by atoms with van der Waals surface area (Å²) >= 11 is 0. The lowest BCUT2D eigenvalue weighted by molar-refractivity contribution is -0.870. The lowest BCUT2D eigenvalue weighted by Crippen LogP contribution is -2.44. The summed E-state index contributed by atoms with van der Waals surface area (Å²) in [6, 6.07) is 0. The molecule has 0 N–H and O–H groups in total. The minimum Gasteiger partial charge on any atom is -0.545 e. The lowest BCUT2D eigenvalue weighted by atomic mass is 10.0. The number of nitrogens with zero attached hydrogens (tertiary/aromatic N) is 1. The normalized spacial score (nSPS) is 12.8. The SMILES string of the molecule is CCCCCCCCCC/C=C\CCCCCCCCCCCCCC(=O)OC(COC(=O)CCCCCCCCCCCCCCCCCC)COC(OCC[N+](C)(C)C)C(=O)[O-]. The number of likely N-dealkylation sites (N-methyl/N-ethyl adjacent to an activating group) is 1. The number of unbranched alkanes of at least 4 members (excludes halogenated alkanes) is 34. The second-order valence-electron chi connectivity index (χ2n) is 19.9. The van der Waals surface area contributed by atoms with E-state index >= 15 is 0 Å². The topological polar surface area (TPSA) is 111 Å². The molecule has 0 aliphatic rings. The van der Waals surface area contributed by atoms with Crippen molar-refractivity contribution in [1.29, 1.82) is 0 Å². The number of carboxylic acids is 1. The molecule has 0 aliphatic heterocycles. The highest BCUT2D eigenvalue weighted by molar-refractivity contribution is 5.70. The van der Waals surface area contributed by atoms with E-state index in [0.717, 1.165) is 38.5 Å². The third kappa shape index (κ3) is 48.0. The molecule has 0 rings (SSSR count). The molecule has 0 bridgehead atoms. The van der Waals surface area contributed by atoms with Gasteiger partial charge in [-0.1, -0.05) is 225 Å². The number of hydrogen-bond acceptors (Lipinski definition) is 8. The minimum absolute atomic E-state index is 0.151. The fraction of sp³-hybridized carbons (Fsp3) is 0.909. The van der Waals surface area contributed by atoms with Crippen molar-refractivity contribution in [2.24, 2.45) is 0 Å². The highest BCUT2D eigenvalue weighted by Crippen LogP contribution is 2.17. The fourth-order valence-electron chi connectivity index (χ4n) is 8.00. The van der Waals surface area contributed by atoms with Gasteiger partial charge < -0.3 is 33.3 Å². The van der Waals surface area contributed by atoms with Crippen LogP contribution in [0.2, 0.25) is 0 Å². The molecular weight excluding hydrogens is 803 g/mol. The maximum atomic E-state index is 12.8. The molecule has 0 spiro atoms. The Hall–Kier alpha value is -1.97. The van der Waals surface area contributed by atoms with Gasteiger partial charge in [0.1, 0.15) is 13.2 Å². The van der Waals surface area contributed by atoms with Crippen LogP contribution in [0, 0.1) is 0 Å². The molecule has 0 heterocycles. The van der Waals surface area contributed by atoms with E-state index in [1.54, 1.807) is 0 Å². The van der Waals surface area contributed by atoms with Crippen LogP contribution in [0.1, 0.15) is 264 Å². The first kappa shape index (κ1) is 62.0. The van der Waals surface area contributed by atoms with Gasteiger partial charge in [0.05, 0.1) is 40.3 Å². The molecule has 2 unspecified atom stereocenters. The van der Waals surface area contributed by atoms with E-state index < -0.39 is 24.3 Å². The number of quaternary nitrogens is 1. The number of esters is 2. The highest BCUT2D eigenvalue weighted by Gasteiger charge is 2.22. The molecule has 0 amide bonds. The van der Waals surface area contributed by atoms with Crippen molar-refractivity contribution in [3.8, 4) is 0 Å². The van der Waals surface area contributed by atoms with Crippen molar-refractivity contribution in [2.45, 2.75) is 277 Å². The first-order chi connectivity index (χ1) is 31.1. The summed E-state index contributed by atoms with van der Waals surface area (Å²) in [5, 5.41) is 11.7. The van der Waals surface area contributed by atoms with Crippen LogP contribution in [0.3, 0.4) is 0 Å². The average molecular weight is 908 g/mol. The van der Waals surface area contributed by atoms with Crippen LogP contribution < -0.4 is 5.11 Å². The Morgan fingerprint density at radius 2 is 0.797 bits per heavy atom. The van der Waals surface area contributed by atoms with Gasteiger partial charge in [0.15, 0.2) is 12.4 Å². The van der Waals surface area contributed by atoms with Gasteiger partial charge in [0.2, 0.25) is 0 Å². The van der Waals surface area contributed by atoms with Gasteiger partial charge in [0, 0.05) is 12.8 Å². The number of ether oxygens (including phenoxy) is 4. The van der Waals surface area contributed by atoms with Gasteiger partial charge in [-0.25, -0.2) is 0 Å². The molecule has 2 atom stereocenters. The summed E-state index contributed by atoms with van der Waals surface area (Å²) in [5.41, 5.74) is 0. The summed E-state index contributed by atoms with van der Waals surface area (Å²) in [7, 11) is 5.93. The molecule has 0 radical (unpaired) electrons. The summed E-state index contributed by atoms with van der Waals surface area (Å²) in [5.74, 6) is -2.26. The standard InChI is InChI=1S/C55H105NO8/c1-6-8-10-12-14-16-18-20-22-24-25-26-27-28-29-30-32-34-36-38-40-42-44-46-53(58)64-51(50-63-55(54(59)60)61-48-47-56(3,4)5)49-62-52(57)45-43-41-39-37-35-33-31-23-21-19-17-15-13-11-9-7-2/h24-25,51,55H,6-23,26-50H2,1-5H3/b25-24-. The molecule has 378 valence electrons. The number of rotatable bonds is 51. The molecule has 0 aromatic carbocycles. The number of carbonyl (C=O) groups excluding carboxylic acids is 3. The van der Waals surface area contributed by atoms with Gasteiger partial charge in [0.25, 0.3) is 0 Å². The summed E-state index contributed by atoms with van der Waals surface area (Å²) < 4.78 is 22.7. The number of carbonyl (C=O) groups is 3. The van der Waals surface area contributed by atoms with Crippen molar-refractivity contribution in [3.63, 3.8) is 0 Å². The van der Waals surface area contributed by atoms with Crippen molar-refractivity contribution in [3.05, 3.63) is 12.2 Å². The number of hydrogen-bond donors (Lipinski definition) is 0. The number of aliphatic carboxylic acids is 1. The molecule has 0 aromatic heterocycles. The summed E-state index contributed by atoms with van der Waals surface area (Å²) in [6.45, 7) is 4.79. The van der Waals surface area contributed by atoms with Gasteiger partial charge >= 0.3 is 11.9 Å². The van der Waals surface area contributed by atoms with E-state index in [4.69, 9.17) is 18.9 Å². The monoisotopic (exact) mass is 908 g/mol. The summed E-state index contributed by atoms with van der Waals surface area (Å²) in [4.78, 5) is 37.2. The van der Waals surface area contributed by atoms with Crippen LogP contribution in [0.15, 0.2) is 12.2 Å². The fourth-order valence-corrected chi connectivity index (χ4v) is 8.00. The Morgan fingerprint density at radius 3 is 1.16 bits per heavy atom. The second kappa shape index (κ2) is 47.5. The zero-order valence-electron chi connectivity index (χ0n) is 42.9. The van der Waals surface area contributed by atoms with Crippen LogP contribution >= 0.6 is 0 Å². The predicted molar refractivity (Wildman–Crippen MR) is 265 cm³/mol. The van der Waals surface area contributed by atoms with E-state index in [9.17, 15) is 19.5 Å². The second-order valence-corrected chi connectivity index (χ2v) is 19.9. The number of allylic oxidation sites excluding steroid dienone is 2. The van der Waals surface area contributed by atoms with E-state index in [-0.39, 0.29) is 32.2 Å². The van der Waals surface area contributed by atoms with Crippen LogP contribution in [0.25, 0.3) is 0 Å². The molecule has 9 heteroatoms. The Balaban J connectivity index is 4.24. The van der Waals surface area contributed by atoms with Crippen LogP contribution in [0.5, 0.6) is 0 Å². The van der Waals surface area contributed by atoms with Crippen molar-refractivity contribution < 1.29 is 42.9 Å². The van der Waals surface area contributed by atoms with Crippen LogP contribution in [-0.2, 0) is 33.3 Å². The summed E-state index contributed by atoms with van der Waals surface area (Å²) in [6.07, 6.45) is 49.6. The Morgan fingerprint density at radius 1 is 0.453 bits per heavy atom. The quantitative estimate of drug-likeness (QED) is 0.0195. The third-order valence-electron chi connectivity index (χ3n) is 12.3. The Bertz CT molecular complexity index is 1060. The van der Waals surface area contributed by atoms with Gasteiger partial charge in [-0.05, 0) is 38.5 Å². The van der Waals surface area contributed by atoms with Crippen molar-refractivity contribution >= 4 is 17.9 Å². The Kier molecular flexibility index (Phi) is 46.1. The van der Waals surface area contributed by atoms with Crippen LogP contribution in [-0.4, -0.2) is 82.3 Å². The molecule has 0 aliphatic carbocycles. The Labute approximate surface area is 395 Å². The molecule has 0 fully saturated rings. The third-order valence-corrected chi connectivity index (χ3v) is 12.3. The molecule has 0 aromatic rings. The van der Waals surface area contributed by atoms with E-state index in [0.29, 0.717) is 17.4 Å². The van der Waals surface area contributed by atoms with Crippen molar-refractivity contribution in [2.75, 3.05) is 47.5 Å². The van der Waals surface area contributed by atoms with E-state index in [2.05, 4.69) is 26.0 Å². The smallest absolute Gasteiger partial charge is 0.306 e. The maximum Gasteiger partial charge on any atom is 0.306 e. The van der Waals surface area contributed by atoms with E-state index in [1.165, 1.54) is 199 Å². The van der Waals surface area contributed by atoms with E-state index in [1.807, 2.05) is 21.1 Å². The molecule has 0 saturated carbocycles.